The fourth-order valence-corrected chi connectivity index (χ4v) is 1.57. The highest BCUT2D eigenvalue weighted by Crippen LogP contribution is 2.16. The van der Waals surface area contributed by atoms with E-state index in [2.05, 4.69) is 21.9 Å². The van der Waals surface area contributed by atoms with E-state index in [1.54, 1.807) is 18.6 Å². The van der Waals surface area contributed by atoms with Crippen LogP contribution in [-0.4, -0.2) is 19.5 Å². The first-order chi connectivity index (χ1) is 7.74. The lowest BCUT2D eigenvalue weighted by atomic mass is 10.3. The van der Waals surface area contributed by atoms with E-state index in [1.807, 2.05) is 11.5 Å². The minimum Gasteiger partial charge on any atom is -0.384 e. The predicted octanol–water partition coefficient (Wildman–Crippen LogP) is 1.50. The number of imidazole rings is 1. The Morgan fingerprint density at radius 1 is 1.31 bits per heavy atom. The van der Waals surface area contributed by atoms with E-state index in [1.165, 1.54) is 0 Å². The van der Waals surface area contributed by atoms with Crippen molar-refractivity contribution in [3.8, 4) is 11.5 Å². The summed E-state index contributed by atoms with van der Waals surface area (Å²) in [5, 5.41) is 0. The summed E-state index contributed by atoms with van der Waals surface area (Å²) in [5.41, 5.74) is 7.61. The molecule has 84 valence electrons. The molecule has 0 atom stereocenters. The average molecular weight is 217 g/mol. The molecule has 2 rings (SSSR count). The lowest BCUT2D eigenvalue weighted by molar-refractivity contribution is 0.762. The third kappa shape index (κ3) is 1.88. The number of aromatic nitrogens is 4. The Labute approximate surface area is 94.4 Å². The van der Waals surface area contributed by atoms with E-state index in [9.17, 15) is 0 Å². The lowest BCUT2D eigenvalue weighted by Crippen LogP contribution is -2.03. The third-order valence-electron chi connectivity index (χ3n) is 2.44. The maximum Gasteiger partial charge on any atom is 0.180 e. The van der Waals surface area contributed by atoms with Crippen molar-refractivity contribution in [3.05, 3.63) is 24.3 Å². The average Bonchev–Trinajstić information content (AvgIpc) is 2.76. The van der Waals surface area contributed by atoms with Crippen LogP contribution in [0.1, 0.15) is 19.5 Å². The fraction of sp³-hybridized carbons (Fsp3) is 0.364. The number of hydrogen-bond donors (Lipinski definition) is 1. The molecule has 2 N–H and O–H groups in total. The van der Waals surface area contributed by atoms with Gasteiger partial charge < -0.3 is 10.3 Å². The lowest BCUT2D eigenvalue weighted by Gasteiger charge is -2.06. The molecule has 5 heteroatoms. The Morgan fingerprint density at radius 2 is 2.12 bits per heavy atom. The van der Waals surface area contributed by atoms with Gasteiger partial charge in [0, 0.05) is 18.3 Å². The smallest absolute Gasteiger partial charge is 0.180 e. The number of nitrogens with zero attached hydrogens (tertiary/aromatic N) is 4. The Morgan fingerprint density at radius 3 is 2.81 bits per heavy atom. The Bertz CT molecular complexity index is 489. The van der Waals surface area contributed by atoms with E-state index in [0.717, 1.165) is 24.4 Å². The van der Waals surface area contributed by atoms with E-state index >= 15 is 0 Å². The summed E-state index contributed by atoms with van der Waals surface area (Å²) in [7, 11) is 0. The van der Waals surface area contributed by atoms with E-state index in [0.29, 0.717) is 11.6 Å². The molecule has 0 saturated carbocycles. The maximum absolute atomic E-state index is 5.75. The molecule has 0 aliphatic carbocycles. The fourth-order valence-electron chi connectivity index (χ4n) is 1.57. The molecule has 0 bridgehead atoms. The number of nitrogens with two attached hydrogens (primary N) is 1. The molecule has 0 fully saturated rings. The topological polar surface area (TPSA) is 69.6 Å². The second kappa shape index (κ2) is 4.30. The zero-order valence-electron chi connectivity index (χ0n) is 9.51. The molecule has 2 aromatic heterocycles. The summed E-state index contributed by atoms with van der Waals surface area (Å²) in [5.74, 6) is 1.15. The van der Waals surface area contributed by atoms with Crippen molar-refractivity contribution in [2.45, 2.75) is 26.8 Å². The molecular weight excluding hydrogens is 202 g/mol. The molecule has 2 aromatic rings. The molecule has 0 saturated heterocycles. The number of aryl methyl sites for hydroxylation is 2. The molecule has 0 aliphatic rings. The normalized spacial score (nSPS) is 10.6. The zero-order chi connectivity index (χ0) is 11.5. The van der Waals surface area contributed by atoms with Gasteiger partial charge in [0.15, 0.2) is 5.82 Å². The quantitative estimate of drug-likeness (QED) is 0.846. The van der Waals surface area contributed by atoms with E-state index in [4.69, 9.17) is 5.73 Å². The second-order valence-electron chi connectivity index (χ2n) is 3.53. The van der Waals surface area contributed by atoms with Gasteiger partial charge in [-0.05, 0) is 13.3 Å². The van der Waals surface area contributed by atoms with E-state index < -0.39 is 0 Å². The van der Waals surface area contributed by atoms with Crippen LogP contribution in [0.2, 0.25) is 0 Å². The highest BCUT2D eigenvalue weighted by atomic mass is 15.1. The third-order valence-corrected chi connectivity index (χ3v) is 2.44. The Kier molecular flexibility index (Phi) is 2.85. The summed E-state index contributed by atoms with van der Waals surface area (Å²) in [6.07, 6.45) is 4.38. The van der Waals surface area contributed by atoms with Crippen LogP contribution in [0.4, 0.5) is 5.82 Å². The van der Waals surface area contributed by atoms with Crippen molar-refractivity contribution in [3.63, 3.8) is 0 Å². The predicted molar refractivity (Wildman–Crippen MR) is 62.7 cm³/mol. The van der Waals surface area contributed by atoms with Crippen molar-refractivity contribution in [1.29, 1.82) is 0 Å². The Hall–Kier alpha value is -1.91. The minimum absolute atomic E-state index is 0.505. The standard InChI is InChI=1S/C11H15N5/c1-3-8-5-10(12)15-11(14-8)9-6-13-7-16(9)4-2/h5-7H,3-4H2,1-2H3,(H2,12,14,15). The minimum atomic E-state index is 0.505. The van der Waals surface area contributed by atoms with Crippen LogP contribution in [0.25, 0.3) is 11.5 Å². The van der Waals surface area contributed by atoms with Gasteiger partial charge in [0.05, 0.1) is 12.5 Å². The van der Waals surface area contributed by atoms with Crippen LogP contribution in [0.15, 0.2) is 18.6 Å². The zero-order valence-corrected chi connectivity index (χ0v) is 9.51. The second-order valence-corrected chi connectivity index (χ2v) is 3.53. The molecule has 0 unspecified atom stereocenters. The van der Waals surface area contributed by atoms with Gasteiger partial charge in [0.2, 0.25) is 0 Å². The largest absolute Gasteiger partial charge is 0.384 e. The molecule has 0 amide bonds. The number of nitrogen functional groups attached to an aromatic ring is 1. The molecule has 2 heterocycles. The van der Waals surface area contributed by atoms with Crippen molar-refractivity contribution >= 4 is 5.82 Å². The Balaban J connectivity index is 2.51. The van der Waals surface area contributed by atoms with Gasteiger partial charge >= 0.3 is 0 Å². The molecule has 0 spiro atoms. The summed E-state index contributed by atoms with van der Waals surface area (Å²) in [6, 6.07) is 1.80. The summed E-state index contributed by atoms with van der Waals surface area (Å²) in [6.45, 7) is 4.94. The first-order valence-corrected chi connectivity index (χ1v) is 5.38. The van der Waals surface area contributed by atoms with Crippen LogP contribution in [0.5, 0.6) is 0 Å². The van der Waals surface area contributed by atoms with Gasteiger partial charge in [-0.1, -0.05) is 6.92 Å². The van der Waals surface area contributed by atoms with Gasteiger partial charge in [-0.15, -0.1) is 0 Å². The number of rotatable bonds is 3. The maximum atomic E-state index is 5.75. The van der Waals surface area contributed by atoms with Gasteiger partial charge in [0.25, 0.3) is 0 Å². The monoisotopic (exact) mass is 217 g/mol. The van der Waals surface area contributed by atoms with Crippen LogP contribution >= 0.6 is 0 Å². The van der Waals surface area contributed by atoms with Crippen LogP contribution in [-0.2, 0) is 13.0 Å². The summed E-state index contributed by atoms with van der Waals surface area (Å²) in [4.78, 5) is 12.8. The molecule has 0 aromatic carbocycles. The van der Waals surface area contributed by atoms with Crippen molar-refractivity contribution < 1.29 is 0 Å². The van der Waals surface area contributed by atoms with Crippen LogP contribution in [0, 0.1) is 0 Å². The van der Waals surface area contributed by atoms with E-state index in [-0.39, 0.29) is 0 Å². The first-order valence-electron chi connectivity index (χ1n) is 5.38. The molecular formula is C11H15N5. The highest BCUT2D eigenvalue weighted by Gasteiger charge is 2.08. The van der Waals surface area contributed by atoms with Crippen molar-refractivity contribution in [2.24, 2.45) is 0 Å². The molecule has 0 radical (unpaired) electrons. The van der Waals surface area contributed by atoms with Gasteiger partial charge in [0.1, 0.15) is 11.5 Å². The number of anilines is 1. The highest BCUT2D eigenvalue weighted by molar-refractivity contribution is 5.51. The van der Waals surface area contributed by atoms with Gasteiger partial charge in [-0.2, -0.15) is 0 Å². The summed E-state index contributed by atoms with van der Waals surface area (Å²) < 4.78 is 1.99. The van der Waals surface area contributed by atoms with Crippen LogP contribution < -0.4 is 5.73 Å². The SMILES string of the molecule is CCc1cc(N)nc(-c2cncn2CC)n1. The van der Waals surface area contributed by atoms with Crippen molar-refractivity contribution in [2.75, 3.05) is 5.73 Å². The summed E-state index contributed by atoms with van der Waals surface area (Å²) >= 11 is 0. The molecule has 5 nitrogen and oxygen atoms in total. The molecule has 0 aliphatic heterocycles. The first kappa shape index (κ1) is 10.6. The van der Waals surface area contributed by atoms with Gasteiger partial charge in [-0.3, -0.25) is 0 Å². The number of hydrogen-bond acceptors (Lipinski definition) is 4. The van der Waals surface area contributed by atoms with Gasteiger partial charge in [-0.25, -0.2) is 15.0 Å². The van der Waals surface area contributed by atoms with Crippen molar-refractivity contribution in [1.82, 2.24) is 19.5 Å². The molecule has 16 heavy (non-hydrogen) atoms. The van der Waals surface area contributed by atoms with Crippen LogP contribution in [0.3, 0.4) is 0 Å².